The highest BCUT2D eigenvalue weighted by molar-refractivity contribution is 5.46. The van der Waals surface area contributed by atoms with E-state index in [2.05, 4.69) is 6.07 Å². The number of fused-ring (bicyclic) bond motifs is 1. The summed E-state index contributed by atoms with van der Waals surface area (Å²) in [5, 5.41) is 10.6. The lowest BCUT2D eigenvalue weighted by atomic mass is 9.87. The molecule has 0 bridgehead atoms. The van der Waals surface area contributed by atoms with E-state index in [0.717, 1.165) is 30.8 Å². The monoisotopic (exact) mass is 236 g/mol. The van der Waals surface area contributed by atoms with Gasteiger partial charge < -0.3 is 14.6 Å². The first kappa shape index (κ1) is 12.4. The SMILES string of the molecule is COC(C)C(C)(O)c1cccc2c1OCCC2. The van der Waals surface area contributed by atoms with Crippen molar-refractivity contribution in [3.8, 4) is 5.75 Å². The van der Waals surface area contributed by atoms with Crippen LogP contribution in [0.25, 0.3) is 0 Å². The number of ether oxygens (including phenoxy) is 2. The van der Waals surface area contributed by atoms with Gasteiger partial charge in [-0.15, -0.1) is 0 Å². The second kappa shape index (κ2) is 4.67. The maximum atomic E-state index is 10.6. The van der Waals surface area contributed by atoms with Crippen molar-refractivity contribution in [2.24, 2.45) is 0 Å². The Labute approximate surface area is 102 Å². The Morgan fingerprint density at radius 1 is 1.47 bits per heavy atom. The number of aliphatic hydroxyl groups is 1. The van der Waals surface area contributed by atoms with Crippen molar-refractivity contribution >= 4 is 0 Å². The molecule has 2 unspecified atom stereocenters. The highest BCUT2D eigenvalue weighted by Crippen LogP contribution is 2.37. The summed E-state index contributed by atoms with van der Waals surface area (Å²) in [4.78, 5) is 0. The van der Waals surface area contributed by atoms with Crippen LogP contribution in [0.3, 0.4) is 0 Å². The Bertz CT molecular complexity index is 398. The van der Waals surface area contributed by atoms with Gasteiger partial charge in [-0.2, -0.15) is 0 Å². The van der Waals surface area contributed by atoms with E-state index in [4.69, 9.17) is 9.47 Å². The Hall–Kier alpha value is -1.06. The third-order valence-electron chi connectivity index (χ3n) is 3.62. The molecule has 3 heteroatoms. The normalized spacial score (nSPS) is 20.0. The standard InChI is InChI=1S/C14H20O3/c1-10(16-3)14(2,15)12-8-4-6-11-7-5-9-17-13(11)12/h4,6,8,10,15H,5,7,9H2,1-3H3. The van der Waals surface area contributed by atoms with Gasteiger partial charge in [0.05, 0.1) is 12.7 Å². The number of aryl methyl sites for hydroxylation is 1. The molecule has 0 aromatic heterocycles. The summed E-state index contributed by atoms with van der Waals surface area (Å²) >= 11 is 0. The van der Waals surface area contributed by atoms with Crippen LogP contribution < -0.4 is 4.74 Å². The number of methoxy groups -OCH3 is 1. The van der Waals surface area contributed by atoms with Gasteiger partial charge in [0.2, 0.25) is 0 Å². The van der Waals surface area contributed by atoms with E-state index in [1.807, 2.05) is 19.1 Å². The number of hydrogen-bond acceptors (Lipinski definition) is 3. The first-order chi connectivity index (χ1) is 8.07. The smallest absolute Gasteiger partial charge is 0.128 e. The van der Waals surface area contributed by atoms with Gasteiger partial charge >= 0.3 is 0 Å². The van der Waals surface area contributed by atoms with Crippen LogP contribution in [0.1, 0.15) is 31.4 Å². The molecule has 0 fully saturated rings. The topological polar surface area (TPSA) is 38.7 Å². The zero-order valence-corrected chi connectivity index (χ0v) is 10.7. The maximum Gasteiger partial charge on any atom is 0.128 e. The van der Waals surface area contributed by atoms with Gasteiger partial charge in [-0.3, -0.25) is 0 Å². The van der Waals surface area contributed by atoms with E-state index in [1.165, 1.54) is 5.56 Å². The summed E-state index contributed by atoms with van der Waals surface area (Å²) in [5.74, 6) is 0.840. The minimum absolute atomic E-state index is 0.278. The molecule has 1 aromatic rings. The summed E-state index contributed by atoms with van der Waals surface area (Å²) < 4.78 is 11.0. The van der Waals surface area contributed by atoms with Crippen molar-refractivity contribution < 1.29 is 14.6 Å². The molecule has 0 saturated carbocycles. The highest BCUT2D eigenvalue weighted by Gasteiger charge is 2.34. The number of rotatable bonds is 3. The van der Waals surface area contributed by atoms with Gasteiger partial charge in [-0.05, 0) is 32.3 Å². The molecule has 17 heavy (non-hydrogen) atoms. The molecule has 2 atom stereocenters. The minimum Gasteiger partial charge on any atom is -0.493 e. The number of hydrogen-bond donors (Lipinski definition) is 1. The van der Waals surface area contributed by atoms with Crippen molar-refractivity contribution in [1.29, 1.82) is 0 Å². The van der Waals surface area contributed by atoms with E-state index in [-0.39, 0.29) is 6.10 Å². The van der Waals surface area contributed by atoms with Crippen LogP contribution in [0.5, 0.6) is 5.75 Å². The maximum absolute atomic E-state index is 10.6. The van der Waals surface area contributed by atoms with Gasteiger partial charge in [0, 0.05) is 12.7 Å². The zero-order valence-electron chi connectivity index (χ0n) is 10.7. The molecule has 94 valence electrons. The van der Waals surface area contributed by atoms with Crippen LogP contribution in [0, 0.1) is 0 Å². The Morgan fingerprint density at radius 3 is 2.94 bits per heavy atom. The van der Waals surface area contributed by atoms with Crippen molar-refractivity contribution in [3.05, 3.63) is 29.3 Å². The molecular formula is C14H20O3. The lowest BCUT2D eigenvalue weighted by Crippen LogP contribution is -2.36. The zero-order chi connectivity index (χ0) is 12.5. The first-order valence-corrected chi connectivity index (χ1v) is 6.07. The molecule has 0 radical (unpaired) electrons. The van der Waals surface area contributed by atoms with Gasteiger partial charge in [0.1, 0.15) is 11.4 Å². The van der Waals surface area contributed by atoms with E-state index < -0.39 is 5.60 Å². The third-order valence-corrected chi connectivity index (χ3v) is 3.62. The fraction of sp³-hybridized carbons (Fsp3) is 0.571. The molecular weight excluding hydrogens is 216 g/mol. The van der Waals surface area contributed by atoms with Gasteiger partial charge in [0.25, 0.3) is 0 Å². The summed E-state index contributed by atoms with van der Waals surface area (Å²) in [6, 6.07) is 5.95. The summed E-state index contributed by atoms with van der Waals surface area (Å²) in [6.07, 6.45) is 1.78. The lowest BCUT2D eigenvalue weighted by Gasteiger charge is -2.33. The Morgan fingerprint density at radius 2 is 2.24 bits per heavy atom. The molecule has 1 aliphatic rings. The van der Waals surface area contributed by atoms with Gasteiger partial charge in [0.15, 0.2) is 0 Å². The number of para-hydroxylation sites is 1. The predicted molar refractivity (Wildman–Crippen MR) is 66.3 cm³/mol. The largest absolute Gasteiger partial charge is 0.493 e. The van der Waals surface area contributed by atoms with Crippen molar-refractivity contribution in [2.45, 2.75) is 38.4 Å². The van der Waals surface area contributed by atoms with Crippen molar-refractivity contribution in [2.75, 3.05) is 13.7 Å². The summed E-state index contributed by atoms with van der Waals surface area (Å²) in [7, 11) is 1.61. The van der Waals surface area contributed by atoms with Crippen LogP contribution in [-0.4, -0.2) is 24.9 Å². The molecule has 2 rings (SSSR count). The van der Waals surface area contributed by atoms with E-state index in [1.54, 1.807) is 14.0 Å². The fourth-order valence-corrected chi connectivity index (χ4v) is 2.24. The van der Waals surface area contributed by atoms with Crippen LogP contribution in [0.15, 0.2) is 18.2 Å². The fourth-order valence-electron chi connectivity index (χ4n) is 2.24. The number of benzene rings is 1. The molecule has 1 N–H and O–H groups in total. The van der Waals surface area contributed by atoms with Crippen LogP contribution in [0.2, 0.25) is 0 Å². The molecule has 0 aliphatic carbocycles. The van der Waals surface area contributed by atoms with Gasteiger partial charge in [-0.25, -0.2) is 0 Å². The van der Waals surface area contributed by atoms with Crippen molar-refractivity contribution in [1.82, 2.24) is 0 Å². The summed E-state index contributed by atoms with van der Waals surface area (Å²) in [6.45, 7) is 4.36. The molecule has 1 aliphatic heterocycles. The summed E-state index contributed by atoms with van der Waals surface area (Å²) in [5.41, 5.74) is 0.971. The van der Waals surface area contributed by atoms with E-state index in [0.29, 0.717) is 0 Å². The van der Waals surface area contributed by atoms with Crippen LogP contribution in [0.4, 0.5) is 0 Å². The average Bonchev–Trinajstić information content (AvgIpc) is 2.37. The van der Waals surface area contributed by atoms with Crippen molar-refractivity contribution in [3.63, 3.8) is 0 Å². The highest BCUT2D eigenvalue weighted by atomic mass is 16.5. The third kappa shape index (κ3) is 2.17. The quantitative estimate of drug-likeness (QED) is 0.875. The molecule has 0 spiro atoms. The second-order valence-electron chi connectivity index (χ2n) is 4.77. The van der Waals surface area contributed by atoms with Crippen LogP contribution >= 0.6 is 0 Å². The predicted octanol–water partition coefficient (Wildman–Crippen LogP) is 2.25. The Kier molecular flexibility index (Phi) is 3.40. The first-order valence-electron chi connectivity index (χ1n) is 6.07. The van der Waals surface area contributed by atoms with E-state index in [9.17, 15) is 5.11 Å². The molecule has 3 nitrogen and oxygen atoms in total. The average molecular weight is 236 g/mol. The Balaban J connectivity index is 2.45. The lowest BCUT2D eigenvalue weighted by molar-refractivity contribution is -0.0786. The van der Waals surface area contributed by atoms with Crippen LogP contribution in [-0.2, 0) is 16.8 Å². The second-order valence-corrected chi connectivity index (χ2v) is 4.77. The van der Waals surface area contributed by atoms with E-state index >= 15 is 0 Å². The molecule has 1 aromatic carbocycles. The molecule has 0 amide bonds. The molecule has 1 heterocycles. The van der Waals surface area contributed by atoms with Gasteiger partial charge in [-0.1, -0.05) is 18.2 Å². The minimum atomic E-state index is -1.03. The molecule has 0 saturated heterocycles.